The van der Waals surface area contributed by atoms with Gasteiger partial charge in [0.2, 0.25) is 0 Å². The Bertz CT molecular complexity index is 588. The topological polar surface area (TPSA) is 48.7 Å². The lowest BCUT2D eigenvalue weighted by Crippen LogP contribution is -2.03. The maximum Gasteiger partial charge on any atom is 0.141 e. The van der Waals surface area contributed by atoms with E-state index in [-0.39, 0.29) is 12.1 Å². The average molecular weight is 245 g/mol. The lowest BCUT2D eigenvalue weighted by atomic mass is 10.1. The van der Waals surface area contributed by atoms with Gasteiger partial charge in [-0.05, 0) is 24.3 Å². The molecule has 0 saturated heterocycles. The van der Waals surface area contributed by atoms with Crippen LogP contribution in [0.4, 0.5) is 14.6 Å². The largest absolute Gasteiger partial charge is 0.366 e. The van der Waals surface area contributed by atoms with Gasteiger partial charge in [0.05, 0.1) is 17.8 Å². The van der Waals surface area contributed by atoms with E-state index in [2.05, 4.69) is 10.3 Å². The number of benzene rings is 1. The third-order valence-electron chi connectivity index (χ3n) is 2.37. The smallest absolute Gasteiger partial charge is 0.141 e. The van der Waals surface area contributed by atoms with E-state index in [4.69, 9.17) is 5.26 Å². The number of rotatable bonds is 3. The first-order valence-electron chi connectivity index (χ1n) is 5.23. The van der Waals surface area contributed by atoms with Gasteiger partial charge in [0.25, 0.3) is 0 Å². The Kier molecular flexibility index (Phi) is 3.49. The fourth-order valence-corrected chi connectivity index (χ4v) is 1.43. The zero-order valence-corrected chi connectivity index (χ0v) is 9.32. The number of hydrogen-bond acceptors (Lipinski definition) is 3. The van der Waals surface area contributed by atoms with Crippen molar-refractivity contribution >= 4 is 5.82 Å². The molecular weight excluding hydrogens is 236 g/mol. The lowest BCUT2D eigenvalue weighted by Gasteiger charge is -2.06. The molecule has 1 N–H and O–H groups in total. The second-order valence-electron chi connectivity index (χ2n) is 3.63. The average Bonchev–Trinajstić information content (AvgIpc) is 2.39. The molecule has 0 fully saturated rings. The number of anilines is 1. The molecule has 0 unspecified atom stereocenters. The van der Waals surface area contributed by atoms with Crippen molar-refractivity contribution in [2.45, 2.75) is 6.54 Å². The first-order valence-corrected chi connectivity index (χ1v) is 5.23. The van der Waals surface area contributed by atoms with Crippen LogP contribution in [0.1, 0.15) is 11.1 Å². The quantitative estimate of drug-likeness (QED) is 0.904. The summed E-state index contributed by atoms with van der Waals surface area (Å²) in [5.74, 6) is -0.422. The van der Waals surface area contributed by atoms with Gasteiger partial charge in [-0.25, -0.2) is 13.8 Å². The zero-order chi connectivity index (χ0) is 13.0. The third-order valence-corrected chi connectivity index (χ3v) is 2.37. The molecule has 90 valence electrons. The standard InChI is InChI=1S/C13H9F2N3/c14-11-3-4-13(18-8-11)17-7-10-2-1-9(6-16)5-12(10)15/h1-5,8H,7H2,(H,17,18). The molecule has 2 rings (SSSR count). The van der Waals surface area contributed by atoms with E-state index in [1.54, 1.807) is 0 Å². The van der Waals surface area contributed by atoms with Crippen molar-refractivity contribution in [3.63, 3.8) is 0 Å². The highest BCUT2D eigenvalue weighted by molar-refractivity contribution is 5.37. The molecule has 0 aliphatic rings. The van der Waals surface area contributed by atoms with E-state index in [0.717, 1.165) is 6.20 Å². The van der Waals surface area contributed by atoms with Gasteiger partial charge in [0.1, 0.15) is 17.5 Å². The van der Waals surface area contributed by atoms with Gasteiger partial charge in [-0.3, -0.25) is 0 Å². The van der Waals surface area contributed by atoms with Gasteiger partial charge in [0.15, 0.2) is 0 Å². The van der Waals surface area contributed by atoms with Crippen LogP contribution in [0.5, 0.6) is 0 Å². The van der Waals surface area contributed by atoms with Crippen molar-refractivity contribution < 1.29 is 8.78 Å². The number of nitrogens with one attached hydrogen (secondary N) is 1. The van der Waals surface area contributed by atoms with E-state index in [1.165, 1.54) is 30.3 Å². The fourth-order valence-electron chi connectivity index (χ4n) is 1.43. The second kappa shape index (κ2) is 5.23. The monoisotopic (exact) mass is 245 g/mol. The number of aromatic nitrogens is 1. The molecule has 0 bridgehead atoms. The Morgan fingerprint density at radius 2 is 2.06 bits per heavy atom. The molecule has 3 nitrogen and oxygen atoms in total. The van der Waals surface area contributed by atoms with Crippen LogP contribution in [-0.4, -0.2) is 4.98 Å². The number of hydrogen-bond donors (Lipinski definition) is 1. The molecule has 1 heterocycles. The summed E-state index contributed by atoms with van der Waals surface area (Å²) >= 11 is 0. The van der Waals surface area contributed by atoms with E-state index >= 15 is 0 Å². The van der Waals surface area contributed by atoms with Crippen LogP contribution in [0.15, 0.2) is 36.5 Å². The van der Waals surface area contributed by atoms with Crippen LogP contribution >= 0.6 is 0 Å². The van der Waals surface area contributed by atoms with Crippen LogP contribution < -0.4 is 5.32 Å². The predicted molar refractivity (Wildman–Crippen MR) is 62.6 cm³/mol. The molecule has 2 aromatic rings. The van der Waals surface area contributed by atoms with Crippen molar-refractivity contribution in [1.82, 2.24) is 4.98 Å². The lowest BCUT2D eigenvalue weighted by molar-refractivity contribution is 0.611. The van der Waals surface area contributed by atoms with Crippen LogP contribution in [0.25, 0.3) is 0 Å². The number of nitriles is 1. The molecule has 0 amide bonds. The Morgan fingerprint density at radius 1 is 1.22 bits per heavy atom. The Morgan fingerprint density at radius 3 is 2.67 bits per heavy atom. The Labute approximate surface area is 103 Å². The molecule has 0 radical (unpaired) electrons. The van der Waals surface area contributed by atoms with E-state index in [0.29, 0.717) is 11.4 Å². The molecule has 0 aliphatic heterocycles. The molecule has 1 aromatic heterocycles. The van der Waals surface area contributed by atoms with Crippen molar-refractivity contribution in [3.8, 4) is 6.07 Å². The molecule has 18 heavy (non-hydrogen) atoms. The van der Waals surface area contributed by atoms with Gasteiger partial charge in [-0.1, -0.05) is 6.07 Å². The Balaban J connectivity index is 2.06. The molecular formula is C13H9F2N3. The van der Waals surface area contributed by atoms with E-state index in [9.17, 15) is 8.78 Å². The summed E-state index contributed by atoms with van der Waals surface area (Å²) in [6.45, 7) is 0.218. The SMILES string of the molecule is N#Cc1ccc(CNc2ccc(F)cn2)c(F)c1. The van der Waals surface area contributed by atoms with E-state index in [1.807, 2.05) is 6.07 Å². The number of halogens is 2. The minimum atomic E-state index is -0.455. The number of nitrogens with zero attached hydrogens (tertiary/aromatic N) is 2. The molecule has 0 atom stereocenters. The summed E-state index contributed by atoms with van der Waals surface area (Å²) in [6, 6.07) is 8.85. The maximum absolute atomic E-state index is 13.5. The van der Waals surface area contributed by atoms with Gasteiger partial charge < -0.3 is 5.32 Å². The highest BCUT2D eigenvalue weighted by Crippen LogP contribution is 2.12. The summed E-state index contributed by atoms with van der Waals surface area (Å²) in [5.41, 5.74) is 0.691. The third kappa shape index (κ3) is 2.80. The first-order chi connectivity index (χ1) is 8.69. The van der Waals surface area contributed by atoms with Crippen LogP contribution in [0.2, 0.25) is 0 Å². The van der Waals surface area contributed by atoms with Crippen molar-refractivity contribution in [2.75, 3.05) is 5.32 Å². The summed E-state index contributed by atoms with van der Waals surface area (Å²) in [7, 11) is 0. The van der Waals surface area contributed by atoms with E-state index < -0.39 is 11.6 Å². The van der Waals surface area contributed by atoms with Crippen LogP contribution in [0, 0.1) is 23.0 Å². The highest BCUT2D eigenvalue weighted by atomic mass is 19.1. The normalized spacial score (nSPS) is 9.83. The first kappa shape index (κ1) is 12.0. The summed E-state index contributed by atoms with van der Waals surface area (Å²) in [4.78, 5) is 3.80. The van der Waals surface area contributed by atoms with Crippen molar-refractivity contribution in [3.05, 3.63) is 59.3 Å². The maximum atomic E-state index is 13.5. The van der Waals surface area contributed by atoms with Gasteiger partial charge in [0, 0.05) is 12.1 Å². The molecule has 0 aliphatic carbocycles. The molecule has 0 spiro atoms. The fraction of sp³-hybridized carbons (Fsp3) is 0.0769. The predicted octanol–water partition coefficient (Wildman–Crippen LogP) is 2.84. The van der Waals surface area contributed by atoms with Gasteiger partial charge in [-0.2, -0.15) is 5.26 Å². The van der Waals surface area contributed by atoms with Crippen LogP contribution in [0.3, 0.4) is 0 Å². The minimum absolute atomic E-state index is 0.218. The summed E-state index contributed by atoms with van der Waals surface area (Å²) in [5, 5.41) is 11.5. The molecule has 1 aromatic carbocycles. The van der Waals surface area contributed by atoms with Crippen molar-refractivity contribution in [1.29, 1.82) is 5.26 Å². The van der Waals surface area contributed by atoms with Gasteiger partial charge in [-0.15, -0.1) is 0 Å². The molecule has 5 heteroatoms. The minimum Gasteiger partial charge on any atom is -0.366 e. The summed E-state index contributed by atoms with van der Waals surface area (Å²) in [6.07, 6.45) is 1.08. The van der Waals surface area contributed by atoms with Crippen molar-refractivity contribution in [2.24, 2.45) is 0 Å². The molecule has 0 saturated carbocycles. The van der Waals surface area contributed by atoms with Crippen LogP contribution in [-0.2, 0) is 6.54 Å². The highest BCUT2D eigenvalue weighted by Gasteiger charge is 2.03. The summed E-state index contributed by atoms with van der Waals surface area (Å²) < 4.78 is 26.1. The van der Waals surface area contributed by atoms with Gasteiger partial charge >= 0.3 is 0 Å². The Hall–Kier alpha value is -2.48. The number of pyridine rings is 1. The second-order valence-corrected chi connectivity index (χ2v) is 3.63. The zero-order valence-electron chi connectivity index (χ0n) is 9.32.